The van der Waals surface area contributed by atoms with Crippen LogP contribution in [0.15, 0.2) is 60.7 Å². The molecule has 3 heteroatoms. The van der Waals surface area contributed by atoms with Gasteiger partial charge in [-0.25, -0.2) is 0 Å². The highest BCUT2D eigenvalue weighted by molar-refractivity contribution is 6.08. The van der Waals surface area contributed by atoms with Gasteiger partial charge in [-0.3, -0.25) is 4.79 Å². The molecule has 0 atom stereocenters. The minimum absolute atomic E-state index is 0.238. The number of ether oxygens (including phenoxy) is 1. The van der Waals surface area contributed by atoms with Gasteiger partial charge >= 0.3 is 0 Å². The molecule has 1 aromatic heterocycles. The fourth-order valence-corrected chi connectivity index (χ4v) is 5.20. The molecule has 0 bridgehead atoms. The molecule has 3 nitrogen and oxygen atoms in total. The molecular weight excluding hydrogens is 418 g/mol. The zero-order chi connectivity index (χ0) is 23.9. The SMILES string of the molecule is CCc1c(CCCCCCc2ccc3c4ccccc4n(CCC(C)=O)c3c2)cccc1OC. The summed E-state index contributed by atoms with van der Waals surface area (Å²) in [4.78, 5) is 11.6. The lowest BCUT2D eigenvalue weighted by atomic mass is 9.97. The number of unbranched alkanes of at least 4 members (excludes halogenated alkanes) is 3. The van der Waals surface area contributed by atoms with E-state index in [0.717, 1.165) is 31.6 Å². The molecule has 34 heavy (non-hydrogen) atoms. The maximum atomic E-state index is 11.6. The molecule has 0 fully saturated rings. The summed E-state index contributed by atoms with van der Waals surface area (Å²) in [6.45, 7) is 4.63. The van der Waals surface area contributed by atoms with Crippen LogP contribution in [-0.4, -0.2) is 17.5 Å². The van der Waals surface area contributed by atoms with Gasteiger partial charge in [-0.05, 0) is 73.9 Å². The Labute approximate surface area is 203 Å². The minimum Gasteiger partial charge on any atom is -0.496 e. The van der Waals surface area contributed by atoms with Gasteiger partial charge in [-0.15, -0.1) is 0 Å². The highest BCUT2D eigenvalue weighted by Gasteiger charge is 2.11. The highest BCUT2D eigenvalue weighted by atomic mass is 16.5. The van der Waals surface area contributed by atoms with Crippen LogP contribution in [0.4, 0.5) is 0 Å². The maximum absolute atomic E-state index is 11.6. The van der Waals surface area contributed by atoms with E-state index in [0.29, 0.717) is 6.42 Å². The quantitative estimate of drug-likeness (QED) is 0.205. The van der Waals surface area contributed by atoms with Gasteiger partial charge in [0.05, 0.1) is 7.11 Å². The normalized spacial score (nSPS) is 11.4. The fraction of sp³-hybridized carbons (Fsp3) is 0.387. The Kier molecular flexibility index (Phi) is 8.05. The molecule has 0 amide bonds. The van der Waals surface area contributed by atoms with Crippen LogP contribution in [0.3, 0.4) is 0 Å². The molecule has 1 heterocycles. The second kappa shape index (κ2) is 11.4. The van der Waals surface area contributed by atoms with Crippen molar-refractivity contribution in [1.29, 1.82) is 0 Å². The number of hydrogen-bond donors (Lipinski definition) is 0. The summed E-state index contributed by atoms with van der Waals surface area (Å²) in [5, 5.41) is 2.56. The van der Waals surface area contributed by atoms with Crippen LogP contribution in [0.1, 0.15) is 62.6 Å². The number of Topliss-reactive ketones (excluding diaryl/α,β-unsaturated/α-hetero) is 1. The summed E-state index contributed by atoms with van der Waals surface area (Å²) in [5.41, 5.74) is 6.66. The Morgan fingerprint density at radius 2 is 1.62 bits per heavy atom. The maximum Gasteiger partial charge on any atom is 0.131 e. The minimum atomic E-state index is 0.238. The molecule has 0 spiro atoms. The Balaban J connectivity index is 1.36. The molecule has 4 rings (SSSR count). The van der Waals surface area contributed by atoms with Crippen LogP contribution < -0.4 is 4.74 Å². The number of methoxy groups -OCH3 is 1. The van der Waals surface area contributed by atoms with E-state index in [1.807, 2.05) is 0 Å². The number of carbonyl (C=O) groups is 1. The average molecular weight is 456 g/mol. The van der Waals surface area contributed by atoms with Crippen molar-refractivity contribution in [2.45, 2.75) is 71.8 Å². The number of hydrogen-bond acceptors (Lipinski definition) is 2. The number of benzene rings is 3. The summed E-state index contributed by atoms with van der Waals surface area (Å²) in [7, 11) is 1.76. The number of fused-ring (bicyclic) bond motifs is 3. The van der Waals surface area contributed by atoms with E-state index in [-0.39, 0.29) is 5.78 Å². The molecule has 0 radical (unpaired) electrons. The molecule has 4 aromatic rings. The lowest BCUT2D eigenvalue weighted by molar-refractivity contribution is -0.117. The number of para-hydroxylation sites is 1. The van der Waals surface area contributed by atoms with Crippen molar-refractivity contribution >= 4 is 27.6 Å². The Bertz CT molecular complexity index is 1270. The molecule has 0 aliphatic heterocycles. The number of ketones is 1. The average Bonchev–Trinajstić information content (AvgIpc) is 3.17. The van der Waals surface area contributed by atoms with Crippen molar-refractivity contribution in [2.75, 3.05) is 7.11 Å². The number of carbonyl (C=O) groups excluding carboxylic acids is 1. The summed E-state index contributed by atoms with van der Waals surface area (Å²) in [6.07, 6.45) is 8.75. The van der Waals surface area contributed by atoms with Gasteiger partial charge in [0.1, 0.15) is 11.5 Å². The summed E-state index contributed by atoms with van der Waals surface area (Å²) in [5.74, 6) is 1.26. The van der Waals surface area contributed by atoms with Gasteiger partial charge in [0, 0.05) is 34.8 Å². The standard InChI is InChI=1S/C31H37NO2/c1-4-26-25(14-11-17-31(26)34-3)13-8-6-5-7-12-24-18-19-28-27-15-9-10-16-29(27)32(30(28)22-24)21-20-23(2)33/h9-11,14-19,22H,4-8,12-13,20-21H2,1-3H3. The van der Waals surface area contributed by atoms with Gasteiger partial charge in [0.2, 0.25) is 0 Å². The molecule has 0 aliphatic carbocycles. The molecular formula is C31H37NO2. The van der Waals surface area contributed by atoms with Gasteiger partial charge < -0.3 is 9.30 Å². The summed E-state index contributed by atoms with van der Waals surface area (Å²) >= 11 is 0. The first-order valence-corrected chi connectivity index (χ1v) is 12.8. The second-order valence-electron chi connectivity index (χ2n) is 9.34. The third kappa shape index (κ3) is 5.35. The van der Waals surface area contributed by atoms with Crippen molar-refractivity contribution in [1.82, 2.24) is 4.57 Å². The lowest BCUT2D eigenvalue weighted by Crippen LogP contribution is -2.02. The second-order valence-corrected chi connectivity index (χ2v) is 9.34. The monoisotopic (exact) mass is 455 g/mol. The van der Waals surface area contributed by atoms with Crippen molar-refractivity contribution in [3.05, 3.63) is 77.4 Å². The Morgan fingerprint density at radius 1 is 0.853 bits per heavy atom. The van der Waals surface area contributed by atoms with Crippen LogP contribution in [0.5, 0.6) is 5.75 Å². The van der Waals surface area contributed by atoms with Crippen LogP contribution in [0.25, 0.3) is 21.8 Å². The van der Waals surface area contributed by atoms with Gasteiger partial charge in [-0.1, -0.05) is 62.2 Å². The van der Waals surface area contributed by atoms with Crippen LogP contribution in [0.2, 0.25) is 0 Å². The van der Waals surface area contributed by atoms with Crippen molar-refractivity contribution in [3.8, 4) is 5.75 Å². The molecule has 0 saturated carbocycles. The van der Waals surface area contributed by atoms with E-state index in [1.54, 1.807) is 14.0 Å². The highest BCUT2D eigenvalue weighted by Crippen LogP contribution is 2.30. The van der Waals surface area contributed by atoms with E-state index < -0.39 is 0 Å². The fourth-order valence-electron chi connectivity index (χ4n) is 5.20. The molecule has 3 aromatic carbocycles. The van der Waals surface area contributed by atoms with Crippen molar-refractivity contribution in [2.24, 2.45) is 0 Å². The van der Waals surface area contributed by atoms with E-state index in [9.17, 15) is 4.79 Å². The van der Waals surface area contributed by atoms with Crippen molar-refractivity contribution < 1.29 is 9.53 Å². The van der Waals surface area contributed by atoms with Crippen LogP contribution in [0, 0.1) is 0 Å². The first-order chi connectivity index (χ1) is 16.6. The third-order valence-electron chi connectivity index (χ3n) is 6.99. The van der Waals surface area contributed by atoms with Crippen molar-refractivity contribution in [3.63, 3.8) is 0 Å². The van der Waals surface area contributed by atoms with E-state index in [4.69, 9.17) is 4.74 Å². The number of aryl methyl sites for hydroxylation is 3. The topological polar surface area (TPSA) is 31.2 Å². The number of nitrogens with zero attached hydrogens (tertiary/aromatic N) is 1. The lowest BCUT2D eigenvalue weighted by Gasteiger charge is -2.12. The van der Waals surface area contributed by atoms with Crippen LogP contribution >= 0.6 is 0 Å². The van der Waals surface area contributed by atoms with E-state index >= 15 is 0 Å². The predicted molar refractivity (Wildman–Crippen MR) is 143 cm³/mol. The van der Waals surface area contributed by atoms with Crippen LogP contribution in [-0.2, 0) is 30.6 Å². The summed E-state index contributed by atoms with van der Waals surface area (Å²) < 4.78 is 7.87. The van der Waals surface area contributed by atoms with E-state index in [1.165, 1.54) is 64.2 Å². The largest absolute Gasteiger partial charge is 0.496 e. The zero-order valence-electron chi connectivity index (χ0n) is 20.9. The first kappa shape index (κ1) is 24.1. The summed E-state index contributed by atoms with van der Waals surface area (Å²) in [6, 6.07) is 21.9. The first-order valence-electron chi connectivity index (χ1n) is 12.8. The van der Waals surface area contributed by atoms with E-state index in [2.05, 4.69) is 72.2 Å². The van der Waals surface area contributed by atoms with Gasteiger partial charge in [0.25, 0.3) is 0 Å². The molecule has 0 aliphatic rings. The molecule has 0 unspecified atom stereocenters. The Hall–Kier alpha value is -3.07. The third-order valence-corrected chi connectivity index (χ3v) is 6.99. The molecule has 178 valence electrons. The number of aromatic nitrogens is 1. The molecule has 0 saturated heterocycles. The smallest absolute Gasteiger partial charge is 0.131 e. The Morgan fingerprint density at radius 3 is 2.38 bits per heavy atom. The van der Waals surface area contributed by atoms with Gasteiger partial charge in [0.15, 0.2) is 0 Å². The molecule has 0 N–H and O–H groups in total. The number of rotatable bonds is 12. The van der Waals surface area contributed by atoms with Gasteiger partial charge in [-0.2, -0.15) is 0 Å². The zero-order valence-corrected chi connectivity index (χ0v) is 20.9. The predicted octanol–water partition coefficient (Wildman–Crippen LogP) is 7.69.